The fraction of sp³-hybridized carbons (Fsp3) is 0.0476. The minimum absolute atomic E-state index is 0.181. The maximum absolute atomic E-state index is 14.6. The Morgan fingerprint density at radius 3 is 1.96 bits per heavy atom. The van der Waals surface area contributed by atoms with Gasteiger partial charge in [-0.2, -0.15) is 0 Å². The largest absolute Gasteiger partial charge is 0.343 e. The molecular formula is C21H16FN. The van der Waals surface area contributed by atoms with Gasteiger partial charge in [0.1, 0.15) is 5.82 Å². The molecule has 4 rings (SSSR count). The van der Waals surface area contributed by atoms with E-state index in [4.69, 9.17) is 0 Å². The average molecular weight is 301 g/mol. The molecule has 0 saturated heterocycles. The molecule has 0 fully saturated rings. The third-order valence-corrected chi connectivity index (χ3v) is 4.28. The van der Waals surface area contributed by atoms with Gasteiger partial charge in [0.2, 0.25) is 0 Å². The van der Waals surface area contributed by atoms with E-state index in [2.05, 4.69) is 16.7 Å². The average Bonchev–Trinajstić information content (AvgIpc) is 2.91. The van der Waals surface area contributed by atoms with E-state index >= 15 is 0 Å². The quantitative estimate of drug-likeness (QED) is 0.451. The Kier molecular flexibility index (Phi) is 3.23. The first-order chi connectivity index (χ1) is 11.3. The number of aryl methyl sites for hydroxylation is 1. The van der Waals surface area contributed by atoms with Gasteiger partial charge in [-0.05, 0) is 23.3 Å². The van der Waals surface area contributed by atoms with Gasteiger partial charge in [0.05, 0.1) is 11.2 Å². The van der Waals surface area contributed by atoms with Gasteiger partial charge in [-0.15, -0.1) is 0 Å². The molecule has 0 atom stereocenters. The van der Waals surface area contributed by atoms with E-state index < -0.39 is 0 Å². The van der Waals surface area contributed by atoms with Crippen LogP contribution in [0.5, 0.6) is 0 Å². The number of hydrogen-bond acceptors (Lipinski definition) is 0. The lowest BCUT2D eigenvalue weighted by Crippen LogP contribution is -1.92. The normalized spacial score (nSPS) is 11.0. The summed E-state index contributed by atoms with van der Waals surface area (Å²) in [4.78, 5) is 0. The molecule has 0 unspecified atom stereocenters. The molecule has 0 aliphatic carbocycles. The first-order valence-electron chi connectivity index (χ1n) is 7.65. The molecule has 23 heavy (non-hydrogen) atoms. The van der Waals surface area contributed by atoms with Gasteiger partial charge < -0.3 is 4.57 Å². The summed E-state index contributed by atoms with van der Waals surface area (Å²) < 4.78 is 16.7. The van der Waals surface area contributed by atoms with Crippen molar-refractivity contribution >= 4 is 10.9 Å². The van der Waals surface area contributed by atoms with Crippen LogP contribution in [-0.2, 0) is 7.05 Å². The molecule has 4 aromatic rings. The summed E-state index contributed by atoms with van der Waals surface area (Å²) in [6.07, 6.45) is 0. The SMILES string of the molecule is Cn1c(-c2ccccc2)c(-c2ccccc2)c2c(F)cccc21. The van der Waals surface area contributed by atoms with Gasteiger partial charge in [0, 0.05) is 18.0 Å². The second kappa shape index (κ2) is 5.40. The van der Waals surface area contributed by atoms with Crippen LogP contribution in [0.2, 0.25) is 0 Å². The molecule has 0 aliphatic heterocycles. The van der Waals surface area contributed by atoms with E-state index in [9.17, 15) is 4.39 Å². The molecule has 0 aliphatic rings. The Morgan fingerprint density at radius 1 is 0.696 bits per heavy atom. The maximum Gasteiger partial charge on any atom is 0.133 e. The molecular weight excluding hydrogens is 285 g/mol. The predicted octanol–water partition coefficient (Wildman–Crippen LogP) is 5.65. The van der Waals surface area contributed by atoms with E-state index in [1.165, 1.54) is 6.07 Å². The summed E-state index contributed by atoms with van der Waals surface area (Å²) >= 11 is 0. The zero-order valence-electron chi connectivity index (χ0n) is 12.8. The monoisotopic (exact) mass is 301 g/mol. The molecule has 1 aromatic heterocycles. The minimum Gasteiger partial charge on any atom is -0.343 e. The first-order valence-corrected chi connectivity index (χ1v) is 7.65. The summed E-state index contributed by atoms with van der Waals surface area (Å²) in [5.74, 6) is -0.181. The summed E-state index contributed by atoms with van der Waals surface area (Å²) in [5.41, 5.74) is 5.01. The van der Waals surface area contributed by atoms with Gasteiger partial charge in [-0.3, -0.25) is 0 Å². The Balaban J connectivity index is 2.18. The highest BCUT2D eigenvalue weighted by Crippen LogP contribution is 2.41. The van der Waals surface area contributed by atoms with Crippen molar-refractivity contribution in [3.63, 3.8) is 0 Å². The number of benzene rings is 3. The Morgan fingerprint density at radius 2 is 1.30 bits per heavy atom. The van der Waals surface area contributed by atoms with E-state index in [1.807, 2.05) is 61.6 Å². The predicted molar refractivity (Wildman–Crippen MR) is 93.7 cm³/mol. The van der Waals surface area contributed by atoms with E-state index in [-0.39, 0.29) is 5.82 Å². The molecule has 0 amide bonds. The standard InChI is InChI=1S/C21H16FN/c1-23-18-14-8-13-17(22)20(18)19(15-9-4-2-5-10-15)21(23)16-11-6-3-7-12-16/h2-14H,1H3. The van der Waals surface area contributed by atoms with Crippen molar-refractivity contribution in [2.24, 2.45) is 7.05 Å². The summed E-state index contributed by atoms with van der Waals surface area (Å²) in [6, 6.07) is 25.5. The topological polar surface area (TPSA) is 4.93 Å². The van der Waals surface area contributed by atoms with Crippen LogP contribution in [0.4, 0.5) is 4.39 Å². The van der Waals surface area contributed by atoms with Crippen molar-refractivity contribution in [3.8, 4) is 22.4 Å². The van der Waals surface area contributed by atoms with Gasteiger partial charge in [-0.1, -0.05) is 66.7 Å². The van der Waals surface area contributed by atoms with Crippen LogP contribution in [0.3, 0.4) is 0 Å². The summed E-state index contributed by atoms with van der Waals surface area (Å²) in [5, 5.41) is 0.681. The van der Waals surface area contributed by atoms with E-state index in [0.717, 1.165) is 27.9 Å². The third kappa shape index (κ3) is 2.15. The zero-order chi connectivity index (χ0) is 15.8. The fourth-order valence-corrected chi connectivity index (χ4v) is 3.27. The van der Waals surface area contributed by atoms with Crippen LogP contribution >= 0.6 is 0 Å². The van der Waals surface area contributed by atoms with Crippen LogP contribution in [0.15, 0.2) is 78.9 Å². The van der Waals surface area contributed by atoms with Crippen LogP contribution in [0.1, 0.15) is 0 Å². The van der Waals surface area contributed by atoms with Crippen molar-refractivity contribution in [3.05, 3.63) is 84.7 Å². The molecule has 0 radical (unpaired) electrons. The van der Waals surface area contributed by atoms with Crippen molar-refractivity contribution in [2.45, 2.75) is 0 Å². The first kappa shape index (κ1) is 13.8. The molecule has 112 valence electrons. The smallest absolute Gasteiger partial charge is 0.133 e. The van der Waals surface area contributed by atoms with Crippen LogP contribution in [-0.4, -0.2) is 4.57 Å². The Bertz CT molecular complexity index is 969. The molecule has 3 aromatic carbocycles. The Hall–Kier alpha value is -2.87. The lowest BCUT2D eigenvalue weighted by molar-refractivity contribution is 0.640. The maximum atomic E-state index is 14.6. The van der Waals surface area contributed by atoms with Crippen molar-refractivity contribution in [1.82, 2.24) is 4.57 Å². The van der Waals surface area contributed by atoms with Crippen LogP contribution in [0.25, 0.3) is 33.3 Å². The van der Waals surface area contributed by atoms with Crippen LogP contribution in [0, 0.1) is 5.82 Å². The number of rotatable bonds is 2. The number of halogens is 1. The van der Waals surface area contributed by atoms with E-state index in [0.29, 0.717) is 5.39 Å². The molecule has 0 bridgehead atoms. The van der Waals surface area contributed by atoms with E-state index in [1.54, 1.807) is 6.07 Å². The number of hydrogen-bond donors (Lipinski definition) is 0. The molecule has 0 N–H and O–H groups in total. The van der Waals surface area contributed by atoms with Gasteiger partial charge in [0.15, 0.2) is 0 Å². The summed E-state index contributed by atoms with van der Waals surface area (Å²) in [6.45, 7) is 0. The Labute approximate surface area is 134 Å². The molecule has 0 saturated carbocycles. The highest BCUT2D eigenvalue weighted by atomic mass is 19.1. The van der Waals surface area contributed by atoms with Crippen molar-refractivity contribution < 1.29 is 4.39 Å². The molecule has 2 heteroatoms. The lowest BCUT2D eigenvalue weighted by atomic mass is 9.98. The summed E-state index contributed by atoms with van der Waals surface area (Å²) in [7, 11) is 2.00. The molecule has 0 spiro atoms. The lowest BCUT2D eigenvalue weighted by Gasteiger charge is -2.08. The highest BCUT2D eigenvalue weighted by Gasteiger charge is 2.20. The fourth-order valence-electron chi connectivity index (χ4n) is 3.27. The molecule has 1 nitrogen and oxygen atoms in total. The van der Waals surface area contributed by atoms with Gasteiger partial charge >= 0.3 is 0 Å². The van der Waals surface area contributed by atoms with Gasteiger partial charge in [-0.25, -0.2) is 4.39 Å². The van der Waals surface area contributed by atoms with Crippen molar-refractivity contribution in [1.29, 1.82) is 0 Å². The number of aromatic nitrogens is 1. The van der Waals surface area contributed by atoms with Gasteiger partial charge in [0.25, 0.3) is 0 Å². The zero-order valence-corrected chi connectivity index (χ0v) is 12.8. The van der Waals surface area contributed by atoms with Crippen molar-refractivity contribution in [2.75, 3.05) is 0 Å². The second-order valence-corrected chi connectivity index (χ2v) is 5.65. The second-order valence-electron chi connectivity index (χ2n) is 5.65. The molecule has 1 heterocycles. The number of fused-ring (bicyclic) bond motifs is 1. The third-order valence-electron chi connectivity index (χ3n) is 4.28. The van der Waals surface area contributed by atoms with Crippen LogP contribution < -0.4 is 0 Å². The minimum atomic E-state index is -0.181. The highest BCUT2D eigenvalue weighted by molar-refractivity contribution is 6.04. The number of nitrogens with zero attached hydrogens (tertiary/aromatic N) is 1.